The second-order valence-electron chi connectivity index (χ2n) is 9.81. The summed E-state index contributed by atoms with van der Waals surface area (Å²) in [4.78, 5) is 14.5. The number of benzene rings is 2. The molecule has 6 aromatic rings. The molecule has 0 saturated carbocycles. The van der Waals surface area contributed by atoms with E-state index in [0.717, 1.165) is 77.9 Å². The van der Waals surface area contributed by atoms with E-state index in [4.69, 9.17) is 9.47 Å². The van der Waals surface area contributed by atoms with Gasteiger partial charge in [-0.15, -0.1) is 0 Å². The molecule has 4 aromatic heterocycles. The van der Waals surface area contributed by atoms with Crippen LogP contribution >= 0.6 is 0 Å². The number of rotatable bonds is 4. The van der Waals surface area contributed by atoms with Gasteiger partial charge < -0.3 is 29.4 Å². The Bertz CT molecular complexity index is 1920. The third-order valence-electron chi connectivity index (χ3n) is 7.29. The monoisotopic (exact) mass is 524 g/mol. The molecule has 0 saturated heterocycles. The third kappa shape index (κ3) is 4.35. The number of nitrogens with one attached hydrogen (secondary N) is 4. The smallest absolute Gasteiger partial charge is 0.118 e. The molecule has 0 atom stereocenters. The first kappa shape index (κ1) is 23.7. The molecular weight excluding hydrogens is 496 g/mol. The molecule has 1 aliphatic rings. The van der Waals surface area contributed by atoms with Gasteiger partial charge in [-0.25, -0.2) is 0 Å². The second-order valence-corrected chi connectivity index (χ2v) is 9.81. The van der Waals surface area contributed by atoms with Crippen LogP contribution in [0.15, 0.2) is 97.1 Å². The van der Waals surface area contributed by atoms with Gasteiger partial charge in [0.05, 0.1) is 14.2 Å². The van der Waals surface area contributed by atoms with Crippen molar-refractivity contribution in [3.05, 3.63) is 152 Å². The van der Waals surface area contributed by atoms with Crippen molar-refractivity contribution in [2.45, 2.75) is 0 Å². The lowest BCUT2D eigenvalue weighted by Crippen LogP contribution is -2.15. The first-order chi connectivity index (χ1) is 19.7. The number of fused-ring (bicyclic) bond motifs is 8. The van der Waals surface area contributed by atoms with Crippen LogP contribution in [0.5, 0.6) is 11.5 Å². The maximum atomic E-state index is 5.40. The standard InChI is InChI=1S/C34H28N4O2/c1-39-27-11-3-21(4-12-27)33-29-15-7-23(35-29)19-25-9-17-31(37-25)34(22-5-13-28(40-2)14-6-22)32-18-10-26(38-32)20-24-8-16-30(33)36-24/h3-20,35-38H,1-2H3. The average Bonchev–Trinajstić information content (AvgIpc) is 3.80. The van der Waals surface area contributed by atoms with Crippen molar-refractivity contribution in [1.29, 1.82) is 0 Å². The summed E-state index contributed by atoms with van der Waals surface area (Å²) >= 11 is 0. The largest absolute Gasteiger partial charge is 0.497 e. The molecule has 4 N–H and O–H groups in total. The molecule has 0 spiro atoms. The van der Waals surface area contributed by atoms with E-state index in [-0.39, 0.29) is 0 Å². The summed E-state index contributed by atoms with van der Waals surface area (Å²) in [5.41, 5.74) is 8.42. The zero-order valence-electron chi connectivity index (χ0n) is 22.2. The van der Waals surface area contributed by atoms with Gasteiger partial charge in [0.25, 0.3) is 0 Å². The van der Waals surface area contributed by atoms with Crippen molar-refractivity contribution in [3.8, 4) is 11.5 Å². The molecule has 0 fully saturated rings. The van der Waals surface area contributed by atoms with Gasteiger partial charge in [-0.2, -0.15) is 0 Å². The summed E-state index contributed by atoms with van der Waals surface area (Å²) in [5.74, 6) is 1.66. The van der Waals surface area contributed by atoms with Crippen LogP contribution in [0, 0.1) is 0 Å². The fourth-order valence-corrected chi connectivity index (χ4v) is 5.33. The summed E-state index contributed by atoms with van der Waals surface area (Å²) in [6, 6.07) is 33.3. The van der Waals surface area contributed by atoms with Gasteiger partial charge in [0.15, 0.2) is 0 Å². The fourth-order valence-electron chi connectivity index (χ4n) is 5.33. The van der Waals surface area contributed by atoms with Gasteiger partial charge >= 0.3 is 0 Å². The minimum Gasteiger partial charge on any atom is -0.497 e. The average molecular weight is 525 g/mol. The van der Waals surface area contributed by atoms with E-state index in [1.807, 2.05) is 24.3 Å². The molecule has 6 heteroatoms. The van der Waals surface area contributed by atoms with Crippen LogP contribution in [-0.2, 0) is 0 Å². The predicted octanol–water partition coefficient (Wildman–Crippen LogP) is 3.48. The van der Waals surface area contributed by atoms with Crippen molar-refractivity contribution in [1.82, 2.24) is 19.9 Å². The number of ether oxygens (including phenoxy) is 2. The molecule has 2 aromatic carbocycles. The number of methoxy groups -OCH3 is 2. The lowest BCUT2D eigenvalue weighted by molar-refractivity contribution is 0.414. The first-order valence-corrected chi connectivity index (χ1v) is 13.2. The Labute approximate surface area is 230 Å². The van der Waals surface area contributed by atoms with Gasteiger partial charge in [-0.3, -0.25) is 0 Å². The molecule has 8 bridgehead atoms. The van der Waals surface area contributed by atoms with Crippen LogP contribution < -0.4 is 30.9 Å². The van der Waals surface area contributed by atoms with E-state index in [0.29, 0.717) is 0 Å². The van der Waals surface area contributed by atoms with Crippen molar-refractivity contribution < 1.29 is 9.47 Å². The van der Waals surface area contributed by atoms with Crippen LogP contribution in [0.25, 0.3) is 23.3 Å². The number of aromatic amines is 4. The molecule has 0 amide bonds. The Morgan fingerprint density at radius 3 is 1.25 bits per heavy atom. The quantitative estimate of drug-likeness (QED) is 0.284. The molecule has 40 heavy (non-hydrogen) atoms. The van der Waals surface area contributed by atoms with E-state index in [1.54, 1.807) is 14.2 Å². The van der Waals surface area contributed by atoms with Gasteiger partial charge in [0.2, 0.25) is 0 Å². The zero-order valence-corrected chi connectivity index (χ0v) is 22.2. The molecule has 196 valence electrons. The molecule has 6 nitrogen and oxygen atoms in total. The van der Waals surface area contributed by atoms with Gasteiger partial charge in [-0.05, 0) is 96.1 Å². The van der Waals surface area contributed by atoms with Gasteiger partial charge in [0, 0.05) is 55.3 Å². The minimum atomic E-state index is 0.828. The van der Waals surface area contributed by atoms with E-state index in [2.05, 4.69) is 105 Å². The number of H-pyrrole nitrogens is 4. The molecule has 0 aliphatic carbocycles. The van der Waals surface area contributed by atoms with E-state index in [1.165, 1.54) is 0 Å². The van der Waals surface area contributed by atoms with Crippen LogP contribution in [0.2, 0.25) is 0 Å². The highest BCUT2D eigenvalue weighted by molar-refractivity contribution is 5.79. The highest BCUT2D eigenvalue weighted by Gasteiger charge is 2.12. The van der Waals surface area contributed by atoms with E-state index >= 15 is 0 Å². The Morgan fingerprint density at radius 1 is 0.425 bits per heavy atom. The van der Waals surface area contributed by atoms with Crippen LogP contribution in [-0.4, -0.2) is 34.2 Å². The minimum absolute atomic E-state index is 0.828. The maximum Gasteiger partial charge on any atom is 0.118 e. The Kier molecular flexibility index (Phi) is 5.78. The van der Waals surface area contributed by atoms with Crippen LogP contribution in [0.4, 0.5) is 0 Å². The number of hydrogen-bond donors (Lipinski definition) is 4. The molecule has 0 radical (unpaired) electrons. The summed E-state index contributed by atoms with van der Waals surface area (Å²) < 4.78 is 10.8. The molecule has 0 unspecified atom stereocenters. The van der Waals surface area contributed by atoms with E-state index in [9.17, 15) is 0 Å². The molecule has 7 rings (SSSR count). The summed E-state index contributed by atoms with van der Waals surface area (Å²) in [6.45, 7) is 0. The number of hydrogen-bond acceptors (Lipinski definition) is 2. The summed E-state index contributed by atoms with van der Waals surface area (Å²) in [6.07, 6.45) is 4.26. The predicted molar refractivity (Wildman–Crippen MR) is 158 cm³/mol. The SMILES string of the molecule is COc1ccc(C2=c3ccc([nH]3)=Cc3ccc([nH]3)C(c3ccc(OC)cc3)=c3ccc([nH]3)=Cc3ccc2[nH]3)cc1. The summed E-state index contributed by atoms with van der Waals surface area (Å²) in [7, 11) is 3.37. The first-order valence-electron chi connectivity index (χ1n) is 13.2. The number of aromatic nitrogens is 4. The van der Waals surface area contributed by atoms with Gasteiger partial charge in [0.1, 0.15) is 11.5 Å². The zero-order chi connectivity index (χ0) is 27.1. The third-order valence-corrected chi connectivity index (χ3v) is 7.29. The van der Waals surface area contributed by atoms with E-state index < -0.39 is 0 Å². The fraction of sp³-hybridized carbons (Fsp3) is 0.0588. The lowest BCUT2D eigenvalue weighted by Gasteiger charge is -2.07. The Balaban J connectivity index is 1.47. The summed E-state index contributed by atoms with van der Waals surface area (Å²) in [5, 5.41) is 4.06. The van der Waals surface area contributed by atoms with Crippen LogP contribution in [0.3, 0.4) is 0 Å². The van der Waals surface area contributed by atoms with Crippen molar-refractivity contribution in [2.24, 2.45) is 0 Å². The van der Waals surface area contributed by atoms with Crippen molar-refractivity contribution in [2.75, 3.05) is 14.2 Å². The normalized spacial score (nSPS) is 12.6. The van der Waals surface area contributed by atoms with Crippen molar-refractivity contribution >= 4 is 23.3 Å². The van der Waals surface area contributed by atoms with Crippen molar-refractivity contribution in [3.63, 3.8) is 0 Å². The van der Waals surface area contributed by atoms with Crippen LogP contribution in [0.1, 0.15) is 33.9 Å². The topological polar surface area (TPSA) is 81.6 Å². The lowest BCUT2D eigenvalue weighted by atomic mass is 10.0. The molecule has 5 heterocycles. The molecular formula is C34H28N4O2. The van der Waals surface area contributed by atoms with Gasteiger partial charge in [-0.1, -0.05) is 24.3 Å². The highest BCUT2D eigenvalue weighted by atomic mass is 16.5. The molecule has 1 aliphatic heterocycles. The Morgan fingerprint density at radius 2 is 0.850 bits per heavy atom. The highest BCUT2D eigenvalue weighted by Crippen LogP contribution is 2.24. The Hall–Kier alpha value is -5.36. The second kappa shape index (κ2) is 9.75. The maximum absolute atomic E-state index is 5.40.